The summed E-state index contributed by atoms with van der Waals surface area (Å²) in [7, 11) is 1.57. The molecule has 0 saturated carbocycles. The molecule has 4 rings (SSSR count). The van der Waals surface area contributed by atoms with E-state index in [9.17, 15) is 13.6 Å². The van der Waals surface area contributed by atoms with Crippen molar-refractivity contribution in [2.45, 2.75) is 6.61 Å². The van der Waals surface area contributed by atoms with Gasteiger partial charge >= 0.3 is 6.61 Å². The summed E-state index contributed by atoms with van der Waals surface area (Å²) >= 11 is 1.18. The number of nitrogens with one attached hydrogen (secondary N) is 1. The van der Waals surface area contributed by atoms with E-state index in [1.807, 2.05) is 30.3 Å². The summed E-state index contributed by atoms with van der Waals surface area (Å²) in [6, 6.07) is 18.3. The minimum atomic E-state index is -2.94. The number of halogens is 2. The van der Waals surface area contributed by atoms with Gasteiger partial charge in [-0.25, -0.2) is 0 Å². The number of nitrogen functional groups attached to an aromatic ring is 1. The summed E-state index contributed by atoms with van der Waals surface area (Å²) in [6.45, 7) is -2.94. The molecule has 0 unspecified atom stereocenters. The number of nitrogens with two attached hydrogens (primary N) is 1. The molecule has 2 aromatic carbocycles. The molecule has 0 aliphatic heterocycles. The molecule has 6 nitrogen and oxygen atoms in total. The first-order valence-electron chi connectivity index (χ1n) is 9.81. The van der Waals surface area contributed by atoms with Crippen LogP contribution in [0.4, 0.5) is 25.2 Å². The van der Waals surface area contributed by atoms with Gasteiger partial charge in [0.2, 0.25) is 5.78 Å². The van der Waals surface area contributed by atoms with Gasteiger partial charge in [-0.1, -0.05) is 18.2 Å². The number of rotatable bonds is 8. The van der Waals surface area contributed by atoms with Crippen LogP contribution in [0.25, 0.3) is 11.3 Å². The zero-order valence-electron chi connectivity index (χ0n) is 17.4. The summed E-state index contributed by atoms with van der Waals surface area (Å²) in [5.74, 6) is 0.249. The molecule has 168 valence electrons. The first-order chi connectivity index (χ1) is 16.0. The predicted octanol–water partition coefficient (Wildman–Crippen LogP) is 5.98. The van der Waals surface area contributed by atoms with Gasteiger partial charge in [0.15, 0.2) is 0 Å². The minimum absolute atomic E-state index is 0.0339. The molecule has 2 aromatic heterocycles. The zero-order valence-corrected chi connectivity index (χ0v) is 18.2. The molecule has 0 saturated heterocycles. The molecule has 0 radical (unpaired) electrons. The Morgan fingerprint density at radius 1 is 1.06 bits per heavy atom. The van der Waals surface area contributed by atoms with E-state index in [2.05, 4.69) is 15.0 Å². The van der Waals surface area contributed by atoms with Crippen molar-refractivity contribution in [3.63, 3.8) is 0 Å². The van der Waals surface area contributed by atoms with Gasteiger partial charge in [0.05, 0.1) is 29.7 Å². The second-order valence-corrected chi connectivity index (χ2v) is 7.84. The van der Waals surface area contributed by atoms with E-state index in [1.165, 1.54) is 35.6 Å². The highest BCUT2D eigenvalue weighted by atomic mass is 32.1. The molecule has 9 heteroatoms. The normalized spacial score (nSPS) is 10.8. The maximum absolute atomic E-state index is 13.2. The van der Waals surface area contributed by atoms with E-state index in [1.54, 1.807) is 25.4 Å². The van der Waals surface area contributed by atoms with Gasteiger partial charge in [0, 0.05) is 11.8 Å². The SMILES string of the molecule is COc1ccccc1Nc1sc(C(=O)c2ccc(OC(F)F)cc2)c(N)c1-c1ccccn1. The number of carbonyl (C=O) groups is 1. The first-order valence-corrected chi connectivity index (χ1v) is 10.6. The van der Waals surface area contributed by atoms with E-state index >= 15 is 0 Å². The fourth-order valence-corrected chi connectivity index (χ4v) is 4.36. The molecule has 0 bridgehead atoms. The van der Waals surface area contributed by atoms with Crippen LogP contribution in [-0.4, -0.2) is 24.5 Å². The highest BCUT2D eigenvalue weighted by Crippen LogP contribution is 2.45. The number of ether oxygens (including phenoxy) is 2. The number of hydrogen-bond acceptors (Lipinski definition) is 7. The van der Waals surface area contributed by atoms with Crippen molar-refractivity contribution in [1.29, 1.82) is 0 Å². The fourth-order valence-electron chi connectivity index (χ4n) is 3.25. The second-order valence-electron chi connectivity index (χ2n) is 6.82. The zero-order chi connectivity index (χ0) is 23.4. The molecule has 0 aliphatic rings. The second kappa shape index (κ2) is 9.66. The quantitative estimate of drug-likeness (QED) is 0.310. The van der Waals surface area contributed by atoms with Crippen LogP contribution >= 0.6 is 11.3 Å². The van der Waals surface area contributed by atoms with E-state index in [-0.39, 0.29) is 17.2 Å². The largest absolute Gasteiger partial charge is 0.495 e. The van der Waals surface area contributed by atoms with Gasteiger partial charge in [-0.3, -0.25) is 9.78 Å². The molecule has 0 fully saturated rings. The number of alkyl halides is 2. The monoisotopic (exact) mass is 467 g/mol. The first kappa shape index (κ1) is 22.2. The number of nitrogens with zero attached hydrogens (tertiary/aromatic N) is 1. The summed E-state index contributed by atoms with van der Waals surface area (Å²) in [5, 5.41) is 3.93. The van der Waals surface area contributed by atoms with Gasteiger partial charge in [-0.2, -0.15) is 8.78 Å². The molecule has 4 aromatic rings. The summed E-state index contributed by atoms with van der Waals surface area (Å²) in [6.07, 6.45) is 1.64. The van der Waals surface area contributed by atoms with Gasteiger partial charge in [-0.15, -0.1) is 11.3 Å². The number of hydrogen-bond donors (Lipinski definition) is 2. The molecule has 3 N–H and O–H groups in total. The lowest BCUT2D eigenvalue weighted by Crippen LogP contribution is -2.04. The molecule has 33 heavy (non-hydrogen) atoms. The standard InChI is InChI=1S/C24H19F2N3O3S/c1-31-18-8-3-2-6-16(18)29-23-19(17-7-4-5-13-28-17)20(27)22(33-23)21(30)14-9-11-15(12-10-14)32-24(25)26/h2-13,24,29H,27H2,1H3. The van der Waals surface area contributed by atoms with Crippen LogP contribution in [0.2, 0.25) is 0 Å². The number of carbonyl (C=O) groups excluding carboxylic acids is 1. The van der Waals surface area contributed by atoms with Crippen LogP contribution in [0.15, 0.2) is 72.9 Å². The average molecular weight is 467 g/mol. The van der Waals surface area contributed by atoms with Crippen LogP contribution in [0, 0.1) is 0 Å². The van der Waals surface area contributed by atoms with E-state index in [4.69, 9.17) is 10.5 Å². The van der Waals surface area contributed by atoms with Crippen molar-refractivity contribution >= 4 is 33.5 Å². The predicted molar refractivity (Wildman–Crippen MR) is 125 cm³/mol. The van der Waals surface area contributed by atoms with Crippen molar-refractivity contribution in [2.75, 3.05) is 18.2 Å². The van der Waals surface area contributed by atoms with Crippen LogP contribution in [0.3, 0.4) is 0 Å². The van der Waals surface area contributed by atoms with Crippen molar-refractivity contribution in [2.24, 2.45) is 0 Å². The Balaban J connectivity index is 1.76. The highest BCUT2D eigenvalue weighted by Gasteiger charge is 2.24. The minimum Gasteiger partial charge on any atom is -0.495 e. The van der Waals surface area contributed by atoms with Crippen molar-refractivity contribution in [3.8, 4) is 22.8 Å². The Morgan fingerprint density at radius 2 is 1.79 bits per heavy atom. The lowest BCUT2D eigenvalue weighted by atomic mass is 10.1. The number of para-hydroxylation sites is 2. The Morgan fingerprint density at radius 3 is 2.45 bits per heavy atom. The summed E-state index contributed by atoms with van der Waals surface area (Å²) in [5.41, 5.74) is 8.90. The molecule has 0 atom stereocenters. The van der Waals surface area contributed by atoms with E-state index in [0.29, 0.717) is 38.1 Å². The van der Waals surface area contributed by atoms with Crippen LogP contribution in [0.1, 0.15) is 15.2 Å². The number of aromatic nitrogens is 1. The fraction of sp³-hybridized carbons (Fsp3) is 0.0833. The Hall–Kier alpha value is -3.98. The molecule has 0 amide bonds. The van der Waals surface area contributed by atoms with Crippen LogP contribution < -0.4 is 20.5 Å². The average Bonchev–Trinajstić information content (AvgIpc) is 3.15. The third kappa shape index (κ3) is 4.78. The number of anilines is 3. The number of thiophene rings is 1. The smallest absolute Gasteiger partial charge is 0.387 e. The number of benzene rings is 2. The Bertz CT molecular complexity index is 1260. The highest BCUT2D eigenvalue weighted by molar-refractivity contribution is 7.19. The van der Waals surface area contributed by atoms with Crippen molar-refractivity contribution < 1.29 is 23.0 Å². The van der Waals surface area contributed by atoms with Gasteiger partial charge < -0.3 is 20.5 Å². The molecule has 0 spiro atoms. The van der Waals surface area contributed by atoms with Crippen LogP contribution in [-0.2, 0) is 0 Å². The number of pyridine rings is 1. The maximum Gasteiger partial charge on any atom is 0.387 e. The summed E-state index contributed by atoms with van der Waals surface area (Å²) in [4.78, 5) is 17.9. The van der Waals surface area contributed by atoms with Crippen LogP contribution in [0.5, 0.6) is 11.5 Å². The van der Waals surface area contributed by atoms with Gasteiger partial charge in [0.25, 0.3) is 0 Å². The van der Waals surface area contributed by atoms with E-state index < -0.39 is 6.61 Å². The third-order valence-electron chi connectivity index (χ3n) is 4.77. The van der Waals surface area contributed by atoms with Gasteiger partial charge in [-0.05, 0) is 48.5 Å². The Labute approximate surface area is 192 Å². The molecular formula is C24H19F2N3O3S. The maximum atomic E-state index is 13.2. The van der Waals surface area contributed by atoms with Gasteiger partial charge in [0.1, 0.15) is 21.4 Å². The molecular weight excluding hydrogens is 448 g/mol. The molecule has 0 aliphatic carbocycles. The third-order valence-corrected chi connectivity index (χ3v) is 5.89. The van der Waals surface area contributed by atoms with Crippen molar-refractivity contribution in [3.05, 3.63) is 83.4 Å². The van der Waals surface area contributed by atoms with Crippen molar-refractivity contribution in [1.82, 2.24) is 4.98 Å². The van der Waals surface area contributed by atoms with E-state index in [0.717, 1.165) is 0 Å². The topological polar surface area (TPSA) is 86.5 Å². The lowest BCUT2D eigenvalue weighted by Gasteiger charge is -2.11. The molecule has 2 heterocycles. The summed E-state index contributed by atoms with van der Waals surface area (Å²) < 4.78 is 34.6. The lowest BCUT2D eigenvalue weighted by molar-refractivity contribution is -0.0498. The number of methoxy groups -OCH3 is 1. The Kier molecular flexibility index (Phi) is 6.50. The number of ketones is 1.